The number of carbonyl (C=O) groups excluding carboxylic acids is 2. The Labute approximate surface area is 161 Å². The van der Waals surface area contributed by atoms with E-state index in [0.29, 0.717) is 30.9 Å². The van der Waals surface area contributed by atoms with Crippen molar-refractivity contribution in [3.05, 3.63) is 29.3 Å². The maximum atomic E-state index is 13.0. The molecule has 1 aliphatic carbocycles. The average Bonchev–Trinajstić information content (AvgIpc) is 3.38. The Morgan fingerprint density at radius 3 is 2.64 bits per heavy atom. The van der Waals surface area contributed by atoms with Gasteiger partial charge in [0, 0.05) is 18.3 Å². The minimum Gasteiger partial charge on any atom is -0.381 e. The van der Waals surface area contributed by atoms with Crippen LogP contribution in [0.25, 0.3) is 0 Å². The molecule has 1 aromatic carbocycles. The van der Waals surface area contributed by atoms with Crippen LogP contribution >= 0.6 is 0 Å². The lowest BCUT2D eigenvalue weighted by Gasteiger charge is -2.36. The van der Waals surface area contributed by atoms with E-state index in [1.807, 2.05) is 0 Å². The minimum absolute atomic E-state index is 0.0333. The van der Waals surface area contributed by atoms with Crippen LogP contribution in [0.5, 0.6) is 0 Å². The van der Waals surface area contributed by atoms with E-state index in [1.165, 1.54) is 13.0 Å². The molecule has 8 heteroatoms. The van der Waals surface area contributed by atoms with Gasteiger partial charge in [0.05, 0.1) is 18.1 Å². The number of anilines is 1. The van der Waals surface area contributed by atoms with E-state index in [0.717, 1.165) is 31.4 Å². The van der Waals surface area contributed by atoms with Crippen molar-refractivity contribution in [1.29, 1.82) is 0 Å². The molecule has 1 aromatic rings. The Morgan fingerprint density at radius 1 is 1.21 bits per heavy atom. The van der Waals surface area contributed by atoms with Gasteiger partial charge >= 0.3 is 6.18 Å². The molecule has 0 radical (unpaired) electrons. The monoisotopic (exact) mass is 396 g/mol. The molecule has 2 saturated heterocycles. The highest BCUT2D eigenvalue weighted by Crippen LogP contribution is 2.44. The van der Waals surface area contributed by atoms with E-state index in [-0.39, 0.29) is 29.7 Å². The van der Waals surface area contributed by atoms with Crippen LogP contribution in [0.4, 0.5) is 18.9 Å². The number of carbonyl (C=O) groups is 2. The van der Waals surface area contributed by atoms with E-state index in [4.69, 9.17) is 4.74 Å². The van der Waals surface area contributed by atoms with Crippen LogP contribution in [-0.4, -0.2) is 42.0 Å². The van der Waals surface area contributed by atoms with Gasteiger partial charge in [-0.25, -0.2) is 0 Å². The Bertz CT molecular complexity index is 789. The van der Waals surface area contributed by atoms with E-state index in [1.54, 1.807) is 4.90 Å². The van der Waals surface area contributed by atoms with Crippen molar-refractivity contribution in [2.45, 2.75) is 50.9 Å². The highest BCUT2D eigenvalue weighted by atomic mass is 19.4. The molecule has 3 fully saturated rings. The summed E-state index contributed by atoms with van der Waals surface area (Å²) in [6, 6.07) is 2.77. The lowest BCUT2D eigenvalue weighted by Crippen LogP contribution is -2.52. The number of likely N-dealkylation sites (tertiary alicyclic amines) is 1. The van der Waals surface area contributed by atoms with E-state index < -0.39 is 17.8 Å². The van der Waals surface area contributed by atoms with Gasteiger partial charge in [0.1, 0.15) is 6.04 Å². The van der Waals surface area contributed by atoms with Crippen LogP contribution in [-0.2, 0) is 20.5 Å². The second-order valence-corrected chi connectivity index (χ2v) is 7.99. The summed E-state index contributed by atoms with van der Waals surface area (Å²) in [6.45, 7) is 2.48. The first-order valence-electron chi connectivity index (χ1n) is 9.64. The van der Waals surface area contributed by atoms with Gasteiger partial charge in [0.25, 0.3) is 0 Å². The number of hydrogen-bond acceptors (Lipinski definition) is 3. The molecule has 2 aliphatic heterocycles. The van der Waals surface area contributed by atoms with Crippen molar-refractivity contribution in [3.8, 4) is 0 Å². The summed E-state index contributed by atoms with van der Waals surface area (Å²) in [5.74, 6) is -0.454. The fourth-order valence-corrected chi connectivity index (χ4v) is 4.77. The lowest BCUT2D eigenvalue weighted by molar-refractivity contribution is -0.144. The van der Waals surface area contributed by atoms with Gasteiger partial charge < -0.3 is 15.0 Å². The van der Waals surface area contributed by atoms with E-state index >= 15 is 0 Å². The van der Waals surface area contributed by atoms with E-state index in [2.05, 4.69) is 5.32 Å². The fourth-order valence-electron chi connectivity index (χ4n) is 4.77. The van der Waals surface area contributed by atoms with Crippen molar-refractivity contribution in [1.82, 2.24) is 4.90 Å². The zero-order valence-corrected chi connectivity index (χ0v) is 15.6. The SMILES string of the molecule is Cc1cc(C(F)(F)F)ccc1NC(=O)[C@@H]1[C@@H]2CC[C@@H](C2)N1C(=O)[C@H]1CCOC1. The number of fused-ring (bicyclic) bond motifs is 2. The molecular formula is C20H23F3N2O3. The number of amides is 2. The summed E-state index contributed by atoms with van der Waals surface area (Å²) in [7, 11) is 0. The van der Waals surface area contributed by atoms with Crippen molar-refractivity contribution in [2.24, 2.45) is 11.8 Å². The molecule has 5 nitrogen and oxygen atoms in total. The summed E-state index contributed by atoms with van der Waals surface area (Å²) in [6.07, 6.45) is -1.17. The third kappa shape index (κ3) is 3.38. The number of aryl methyl sites for hydroxylation is 1. The highest BCUT2D eigenvalue weighted by molar-refractivity contribution is 5.99. The summed E-state index contributed by atoms with van der Waals surface area (Å²) in [5, 5.41) is 2.76. The van der Waals surface area contributed by atoms with Crippen LogP contribution in [0.3, 0.4) is 0 Å². The van der Waals surface area contributed by atoms with Gasteiger partial charge in [-0.1, -0.05) is 0 Å². The average molecular weight is 396 g/mol. The number of benzene rings is 1. The van der Waals surface area contributed by atoms with Crippen LogP contribution in [0.15, 0.2) is 18.2 Å². The zero-order chi connectivity index (χ0) is 20.1. The quantitative estimate of drug-likeness (QED) is 0.852. The molecule has 1 saturated carbocycles. The predicted octanol–water partition coefficient (Wildman–Crippen LogP) is 3.37. The first-order chi connectivity index (χ1) is 13.3. The van der Waals surface area contributed by atoms with Crippen molar-refractivity contribution < 1.29 is 27.5 Å². The number of rotatable bonds is 3. The smallest absolute Gasteiger partial charge is 0.381 e. The second kappa shape index (κ2) is 7.06. The Kier molecular flexibility index (Phi) is 4.85. The zero-order valence-electron chi connectivity index (χ0n) is 15.6. The number of alkyl halides is 3. The number of piperidine rings is 1. The molecule has 1 N–H and O–H groups in total. The Hall–Kier alpha value is -2.09. The molecule has 0 unspecified atom stereocenters. The molecule has 2 amide bonds. The molecule has 4 atom stereocenters. The highest BCUT2D eigenvalue weighted by Gasteiger charge is 2.52. The maximum Gasteiger partial charge on any atom is 0.416 e. The van der Waals surface area contributed by atoms with Crippen molar-refractivity contribution >= 4 is 17.5 Å². The van der Waals surface area contributed by atoms with Crippen LogP contribution in [0, 0.1) is 18.8 Å². The largest absolute Gasteiger partial charge is 0.416 e. The standard InChI is InChI=1S/C20H23F3N2O3/c1-11-8-14(20(21,22)23)3-5-16(11)24-18(26)17-12-2-4-15(9-12)25(17)19(27)13-6-7-28-10-13/h3,5,8,12-13,15,17H,2,4,6-7,9-10H2,1H3,(H,24,26)/t12-,13+,15+,17+/m1/s1. The van der Waals surface area contributed by atoms with Crippen molar-refractivity contribution in [2.75, 3.05) is 18.5 Å². The number of halogens is 3. The van der Waals surface area contributed by atoms with Crippen LogP contribution in [0.2, 0.25) is 0 Å². The van der Waals surface area contributed by atoms with Gasteiger partial charge in [-0.15, -0.1) is 0 Å². The summed E-state index contributed by atoms with van der Waals surface area (Å²) in [4.78, 5) is 27.7. The van der Waals surface area contributed by atoms with Crippen LogP contribution < -0.4 is 5.32 Å². The molecule has 3 aliphatic rings. The predicted molar refractivity (Wildman–Crippen MR) is 95.5 cm³/mol. The minimum atomic E-state index is -4.43. The molecule has 0 spiro atoms. The summed E-state index contributed by atoms with van der Waals surface area (Å²) in [5.41, 5.74) is -0.0632. The maximum absolute atomic E-state index is 13.0. The fraction of sp³-hybridized carbons (Fsp3) is 0.600. The van der Waals surface area contributed by atoms with E-state index in [9.17, 15) is 22.8 Å². The molecule has 2 bridgehead atoms. The van der Waals surface area contributed by atoms with Gasteiger partial charge in [0.15, 0.2) is 0 Å². The van der Waals surface area contributed by atoms with Gasteiger partial charge in [0.2, 0.25) is 11.8 Å². The summed E-state index contributed by atoms with van der Waals surface area (Å²) < 4.78 is 43.9. The third-order valence-corrected chi connectivity index (χ3v) is 6.20. The molecule has 0 aromatic heterocycles. The molecule has 2 heterocycles. The Balaban J connectivity index is 1.52. The lowest BCUT2D eigenvalue weighted by atomic mass is 9.95. The number of nitrogens with one attached hydrogen (secondary N) is 1. The number of ether oxygens (including phenoxy) is 1. The summed E-state index contributed by atoms with van der Waals surface area (Å²) >= 11 is 0. The molecular weight excluding hydrogens is 373 g/mol. The van der Waals surface area contributed by atoms with Gasteiger partial charge in [-0.3, -0.25) is 9.59 Å². The number of nitrogens with zero attached hydrogens (tertiary/aromatic N) is 1. The normalized spacial score (nSPS) is 29.4. The number of hydrogen-bond donors (Lipinski definition) is 1. The molecule has 4 rings (SSSR count). The van der Waals surface area contributed by atoms with Crippen molar-refractivity contribution in [3.63, 3.8) is 0 Å². The van der Waals surface area contributed by atoms with Gasteiger partial charge in [-0.05, 0) is 62.3 Å². The molecule has 152 valence electrons. The first-order valence-corrected chi connectivity index (χ1v) is 9.64. The molecule has 28 heavy (non-hydrogen) atoms. The topological polar surface area (TPSA) is 58.6 Å². The van der Waals surface area contributed by atoms with Gasteiger partial charge in [-0.2, -0.15) is 13.2 Å². The van der Waals surface area contributed by atoms with Crippen LogP contribution in [0.1, 0.15) is 36.8 Å². The third-order valence-electron chi connectivity index (χ3n) is 6.20. The second-order valence-electron chi connectivity index (χ2n) is 7.99. The first kappa shape index (κ1) is 19.2. The Morgan fingerprint density at radius 2 is 2.00 bits per heavy atom.